The van der Waals surface area contributed by atoms with E-state index in [-0.39, 0.29) is 12.2 Å². The summed E-state index contributed by atoms with van der Waals surface area (Å²) in [5.74, 6) is -3.43. The molecule has 0 saturated heterocycles. The molecule has 0 radical (unpaired) electrons. The molecule has 3 N–H and O–H groups in total. The van der Waals surface area contributed by atoms with Crippen molar-refractivity contribution in [3.05, 3.63) is 12.7 Å². The zero-order valence-corrected chi connectivity index (χ0v) is 8.49. The summed E-state index contributed by atoms with van der Waals surface area (Å²) in [4.78, 5) is 0. The molecule has 0 aromatic rings. The van der Waals surface area contributed by atoms with Gasteiger partial charge in [-0.3, -0.25) is 0 Å². The van der Waals surface area contributed by atoms with Crippen LogP contribution in [0.3, 0.4) is 0 Å². The van der Waals surface area contributed by atoms with Crippen LogP contribution in [-0.2, 0) is 10.0 Å². The zero-order valence-electron chi connectivity index (χ0n) is 7.67. The Morgan fingerprint density at radius 1 is 1.50 bits per heavy atom. The van der Waals surface area contributed by atoms with E-state index in [0.29, 0.717) is 0 Å². The summed E-state index contributed by atoms with van der Waals surface area (Å²) >= 11 is 0. The quantitative estimate of drug-likeness (QED) is 0.606. The second-order valence-corrected chi connectivity index (χ2v) is 4.70. The summed E-state index contributed by atoms with van der Waals surface area (Å²) in [5.41, 5.74) is 4.73. The molecule has 4 nitrogen and oxygen atoms in total. The largest absolute Gasteiger partial charge is 0.325 e. The minimum atomic E-state index is -3.64. The van der Waals surface area contributed by atoms with Crippen LogP contribution in [-0.4, -0.2) is 33.2 Å². The Hall–Kier alpha value is -0.530. The van der Waals surface area contributed by atoms with E-state index in [9.17, 15) is 17.2 Å². The number of allylic oxidation sites excluding steroid dienone is 1. The molecular weight excluding hydrogens is 214 g/mol. The molecule has 84 valence electrons. The van der Waals surface area contributed by atoms with Crippen LogP contribution >= 0.6 is 0 Å². The summed E-state index contributed by atoms with van der Waals surface area (Å²) in [7, 11) is -3.64. The number of hydrogen-bond acceptors (Lipinski definition) is 3. The third-order valence-corrected chi connectivity index (χ3v) is 2.80. The van der Waals surface area contributed by atoms with Crippen LogP contribution in [0.25, 0.3) is 0 Å². The van der Waals surface area contributed by atoms with Crippen molar-refractivity contribution >= 4 is 10.0 Å². The van der Waals surface area contributed by atoms with E-state index < -0.39 is 29.0 Å². The van der Waals surface area contributed by atoms with Crippen molar-refractivity contribution in [1.29, 1.82) is 0 Å². The Morgan fingerprint density at radius 3 is 2.50 bits per heavy atom. The van der Waals surface area contributed by atoms with E-state index in [2.05, 4.69) is 6.58 Å². The van der Waals surface area contributed by atoms with E-state index in [4.69, 9.17) is 5.73 Å². The summed E-state index contributed by atoms with van der Waals surface area (Å²) in [6.45, 7) is 1.50. The molecule has 0 unspecified atom stereocenters. The lowest BCUT2D eigenvalue weighted by Gasteiger charge is -2.14. The molecule has 0 bridgehead atoms. The second kappa shape index (κ2) is 5.38. The highest BCUT2D eigenvalue weighted by atomic mass is 32.2. The molecular formula is C7H14F2N2O2S. The summed E-state index contributed by atoms with van der Waals surface area (Å²) in [6.07, 6.45) is 1.63. The Bertz CT molecular complexity index is 277. The van der Waals surface area contributed by atoms with Gasteiger partial charge in [0.25, 0.3) is 5.92 Å². The minimum Gasteiger partial charge on any atom is -0.325 e. The van der Waals surface area contributed by atoms with E-state index in [1.54, 1.807) is 4.72 Å². The third-order valence-electron chi connectivity index (χ3n) is 1.44. The van der Waals surface area contributed by atoms with E-state index in [1.165, 1.54) is 6.08 Å². The Labute approximate surface area is 82.2 Å². The minimum absolute atomic E-state index is 0.226. The van der Waals surface area contributed by atoms with Crippen molar-refractivity contribution in [3.8, 4) is 0 Å². The molecule has 0 aliphatic carbocycles. The topological polar surface area (TPSA) is 72.2 Å². The van der Waals surface area contributed by atoms with Crippen molar-refractivity contribution in [2.75, 3.05) is 18.8 Å². The van der Waals surface area contributed by atoms with Crippen molar-refractivity contribution < 1.29 is 17.2 Å². The molecule has 7 heteroatoms. The molecule has 14 heavy (non-hydrogen) atoms. The maximum atomic E-state index is 12.5. The standard InChI is InChI=1S/C7H14F2N2O2S/c1-2-3-4-14(12,13)11-6-7(8,9)5-10/h2,11H,1,3-6,10H2. The first-order valence-electron chi connectivity index (χ1n) is 3.99. The smallest absolute Gasteiger partial charge is 0.273 e. The molecule has 0 heterocycles. The number of nitrogens with one attached hydrogen (secondary N) is 1. The van der Waals surface area contributed by atoms with Crippen LogP contribution in [0.15, 0.2) is 12.7 Å². The fraction of sp³-hybridized carbons (Fsp3) is 0.714. The molecule has 0 saturated carbocycles. The van der Waals surface area contributed by atoms with Crippen molar-refractivity contribution in [2.24, 2.45) is 5.73 Å². The van der Waals surface area contributed by atoms with Crippen LogP contribution in [0.5, 0.6) is 0 Å². The van der Waals surface area contributed by atoms with Crippen molar-refractivity contribution in [3.63, 3.8) is 0 Å². The Morgan fingerprint density at radius 2 is 2.07 bits per heavy atom. The number of rotatable bonds is 7. The highest BCUT2D eigenvalue weighted by molar-refractivity contribution is 7.89. The summed E-state index contributed by atoms with van der Waals surface area (Å²) in [6, 6.07) is 0. The van der Waals surface area contributed by atoms with Gasteiger partial charge in [0.15, 0.2) is 0 Å². The van der Waals surface area contributed by atoms with Gasteiger partial charge in [0.1, 0.15) is 0 Å². The predicted octanol–water partition coefficient (Wildman–Crippen LogP) is 0.0759. The first-order valence-corrected chi connectivity index (χ1v) is 5.64. The Kier molecular flexibility index (Phi) is 5.17. The lowest BCUT2D eigenvalue weighted by atomic mass is 10.3. The number of hydrogen-bond donors (Lipinski definition) is 2. The molecule has 0 atom stereocenters. The normalized spacial score (nSPS) is 12.8. The first kappa shape index (κ1) is 13.5. The highest BCUT2D eigenvalue weighted by Crippen LogP contribution is 2.09. The predicted molar refractivity (Wildman–Crippen MR) is 50.6 cm³/mol. The van der Waals surface area contributed by atoms with Crippen molar-refractivity contribution in [2.45, 2.75) is 12.3 Å². The first-order chi connectivity index (χ1) is 6.33. The lowest BCUT2D eigenvalue weighted by Crippen LogP contribution is -2.42. The van der Waals surface area contributed by atoms with Gasteiger partial charge in [-0.2, -0.15) is 0 Å². The van der Waals surface area contributed by atoms with Crippen LogP contribution in [0.1, 0.15) is 6.42 Å². The van der Waals surface area contributed by atoms with Crippen LogP contribution in [0.4, 0.5) is 8.78 Å². The van der Waals surface area contributed by atoms with Gasteiger partial charge in [-0.05, 0) is 6.42 Å². The van der Waals surface area contributed by atoms with Crippen molar-refractivity contribution in [1.82, 2.24) is 4.72 Å². The van der Waals surface area contributed by atoms with Gasteiger partial charge in [-0.1, -0.05) is 6.08 Å². The number of nitrogens with two attached hydrogens (primary N) is 1. The van der Waals surface area contributed by atoms with Gasteiger partial charge < -0.3 is 5.73 Å². The van der Waals surface area contributed by atoms with Gasteiger partial charge in [-0.25, -0.2) is 21.9 Å². The van der Waals surface area contributed by atoms with Gasteiger partial charge in [0.2, 0.25) is 10.0 Å². The fourth-order valence-corrected chi connectivity index (χ4v) is 1.65. The van der Waals surface area contributed by atoms with Gasteiger partial charge in [-0.15, -0.1) is 6.58 Å². The molecule has 0 aliphatic heterocycles. The summed E-state index contributed by atoms with van der Waals surface area (Å²) < 4.78 is 48.9. The maximum Gasteiger partial charge on any atom is 0.273 e. The molecule has 0 rings (SSSR count). The SMILES string of the molecule is C=CCCS(=O)(=O)NCC(F)(F)CN. The molecule has 0 amide bonds. The second-order valence-electron chi connectivity index (χ2n) is 2.78. The maximum absolute atomic E-state index is 12.5. The zero-order chi connectivity index (χ0) is 11.2. The summed E-state index contributed by atoms with van der Waals surface area (Å²) in [5, 5.41) is 0. The molecule has 0 fully saturated rings. The molecule has 0 aliphatic rings. The lowest BCUT2D eigenvalue weighted by molar-refractivity contribution is 0.0170. The van der Waals surface area contributed by atoms with E-state index in [0.717, 1.165) is 0 Å². The van der Waals surface area contributed by atoms with E-state index >= 15 is 0 Å². The van der Waals surface area contributed by atoms with Crippen LogP contribution in [0.2, 0.25) is 0 Å². The van der Waals surface area contributed by atoms with Crippen LogP contribution < -0.4 is 10.5 Å². The van der Waals surface area contributed by atoms with Gasteiger partial charge >= 0.3 is 0 Å². The van der Waals surface area contributed by atoms with E-state index in [1.807, 2.05) is 0 Å². The van der Waals surface area contributed by atoms with Gasteiger partial charge in [0, 0.05) is 0 Å². The monoisotopic (exact) mass is 228 g/mol. The molecule has 0 aromatic carbocycles. The third kappa shape index (κ3) is 6.01. The average Bonchev–Trinajstić information content (AvgIpc) is 2.12. The van der Waals surface area contributed by atoms with Crippen LogP contribution in [0, 0.1) is 0 Å². The number of halogens is 2. The average molecular weight is 228 g/mol. The number of alkyl halides is 2. The fourth-order valence-electron chi connectivity index (χ4n) is 0.598. The van der Waals surface area contributed by atoms with Gasteiger partial charge in [0.05, 0.1) is 18.8 Å². The highest BCUT2D eigenvalue weighted by Gasteiger charge is 2.28. The Balaban J connectivity index is 4.05. The number of sulfonamides is 1. The molecule has 0 aromatic heterocycles. The molecule has 0 spiro atoms.